The largest absolute Gasteiger partial charge is 0.467 e. The lowest BCUT2D eigenvalue weighted by atomic mass is 10.4. The highest BCUT2D eigenvalue weighted by atomic mass is 32.1. The minimum absolute atomic E-state index is 0.323. The normalized spacial score (nSPS) is 13.4. The first-order chi connectivity index (χ1) is 4.76. The summed E-state index contributed by atoms with van der Waals surface area (Å²) in [4.78, 5) is 10.7. The van der Waals surface area contributed by atoms with Crippen LogP contribution in [-0.4, -0.2) is 32.9 Å². The Labute approximate surface area is 65.9 Å². The number of hydrogen-bond acceptors (Lipinski definition) is 5. The molecule has 56 valence electrons. The molecule has 0 rings (SSSR count). The van der Waals surface area contributed by atoms with Crippen molar-refractivity contribution >= 4 is 26.6 Å². The second kappa shape index (κ2) is 5.28. The zero-order valence-electron chi connectivity index (χ0n) is 5.94. The van der Waals surface area contributed by atoms with E-state index in [4.69, 9.17) is 0 Å². The first-order valence-corrected chi connectivity index (χ1v) is 3.37. The van der Waals surface area contributed by atoms with E-state index in [-0.39, 0.29) is 0 Å². The minimum Gasteiger partial charge on any atom is -0.467 e. The summed E-state index contributed by atoms with van der Waals surface area (Å²) in [5.74, 6) is -0.0788. The molecule has 10 heavy (non-hydrogen) atoms. The summed E-state index contributed by atoms with van der Waals surface area (Å²) >= 11 is 3.89. The van der Waals surface area contributed by atoms with E-state index in [1.807, 2.05) is 0 Å². The Bertz CT molecular complexity index is 141. The van der Waals surface area contributed by atoms with Gasteiger partial charge < -0.3 is 4.74 Å². The van der Waals surface area contributed by atoms with Crippen LogP contribution in [0.5, 0.6) is 0 Å². The van der Waals surface area contributed by atoms with Gasteiger partial charge in [-0.3, -0.25) is 5.03 Å². The van der Waals surface area contributed by atoms with Gasteiger partial charge in [-0.2, -0.15) is 17.7 Å². The molecule has 0 N–H and O–H groups in total. The maximum atomic E-state index is 10.7. The average Bonchev–Trinajstić information content (AvgIpc) is 1.99. The van der Waals surface area contributed by atoms with Crippen molar-refractivity contribution in [3.05, 3.63) is 0 Å². The molecule has 0 radical (unpaired) electrons. The first kappa shape index (κ1) is 9.48. The Morgan fingerprint density at radius 3 is 2.80 bits per heavy atom. The van der Waals surface area contributed by atoms with E-state index in [0.29, 0.717) is 5.75 Å². The molecule has 0 aliphatic carbocycles. The van der Waals surface area contributed by atoms with Crippen LogP contribution in [0.25, 0.3) is 0 Å². The quantitative estimate of drug-likeness (QED) is 0.261. The van der Waals surface area contributed by atoms with E-state index in [2.05, 4.69) is 27.5 Å². The highest BCUT2D eigenvalue weighted by Gasteiger charge is 2.14. The second-order valence-electron chi connectivity index (χ2n) is 1.54. The summed E-state index contributed by atoms with van der Waals surface area (Å²) in [6.07, 6.45) is 0. The van der Waals surface area contributed by atoms with Gasteiger partial charge >= 0.3 is 5.97 Å². The van der Waals surface area contributed by atoms with E-state index in [1.165, 1.54) is 15.1 Å². The molecular formula is C4H9BN2O2S. The van der Waals surface area contributed by atoms with Gasteiger partial charge in [-0.15, -0.1) is 0 Å². The highest BCUT2D eigenvalue weighted by Crippen LogP contribution is 1.96. The highest BCUT2D eigenvalue weighted by molar-refractivity contribution is 7.80. The standard InChI is InChI=1S/C4H9BN2O2S/c1-9-4(8)3(2-10)6-7-5/h3,10H,2,5H2,1H3. The lowest BCUT2D eigenvalue weighted by Crippen LogP contribution is -2.21. The predicted molar refractivity (Wildman–Crippen MR) is 43.1 cm³/mol. The predicted octanol–water partition coefficient (Wildman–Crippen LogP) is -0.542. The molecule has 0 saturated carbocycles. The van der Waals surface area contributed by atoms with Crippen LogP contribution < -0.4 is 0 Å². The van der Waals surface area contributed by atoms with Gasteiger partial charge in [0.2, 0.25) is 0 Å². The smallest absolute Gasteiger partial charge is 0.333 e. The molecule has 0 spiro atoms. The average molecular weight is 160 g/mol. The Hall–Kier alpha value is -0.515. The van der Waals surface area contributed by atoms with E-state index in [9.17, 15) is 4.79 Å². The summed E-state index contributed by atoms with van der Waals surface area (Å²) in [6, 6.07) is -0.557. The van der Waals surface area contributed by atoms with Crippen molar-refractivity contribution in [2.45, 2.75) is 6.04 Å². The molecule has 0 bridgehead atoms. The monoisotopic (exact) mass is 160 g/mol. The number of methoxy groups -OCH3 is 1. The number of rotatable bonds is 3. The molecule has 0 saturated heterocycles. The lowest BCUT2D eigenvalue weighted by molar-refractivity contribution is -0.141. The number of nitrogens with zero attached hydrogens (tertiary/aromatic N) is 2. The SMILES string of the molecule is BN=NC(CS)C(=O)OC. The van der Waals surface area contributed by atoms with Crippen LogP contribution >= 0.6 is 12.6 Å². The van der Waals surface area contributed by atoms with Crippen LogP contribution in [0.2, 0.25) is 0 Å². The molecule has 0 amide bonds. The van der Waals surface area contributed by atoms with E-state index < -0.39 is 12.0 Å². The Morgan fingerprint density at radius 1 is 1.90 bits per heavy atom. The molecule has 0 aliphatic heterocycles. The summed E-state index contributed by atoms with van der Waals surface area (Å²) in [5.41, 5.74) is 0. The molecule has 6 heteroatoms. The van der Waals surface area contributed by atoms with Crippen molar-refractivity contribution in [2.75, 3.05) is 12.9 Å². The third kappa shape index (κ3) is 2.86. The van der Waals surface area contributed by atoms with Crippen LogP contribution in [0, 0.1) is 0 Å². The van der Waals surface area contributed by atoms with Gasteiger partial charge in [-0.05, 0) is 0 Å². The van der Waals surface area contributed by atoms with E-state index in [0.717, 1.165) is 0 Å². The van der Waals surface area contributed by atoms with Crippen molar-refractivity contribution < 1.29 is 9.53 Å². The Morgan fingerprint density at radius 2 is 2.50 bits per heavy atom. The molecule has 0 heterocycles. The second-order valence-corrected chi connectivity index (χ2v) is 1.90. The van der Waals surface area contributed by atoms with Crippen molar-refractivity contribution in [3.8, 4) is 0 Å². The third-order valence-corrected chi connectivity index (χ3v) is 1.25. The van der Waals surface area contributed by atoms with E-state index in [1.54, 1.807) is 0 Å². The number of esters is 1. The zero-order valence-corrected chi connectivity index (χ0v) is 6.84. The van der Waals surface area contributed by atoms with Gasteiger partial charge in [0, 0.05) is 5.75 Å². The van der Waals surface area contributed by atoms with Crippen LogP contribution in [0.15, 0.2) is 10.1 Å². The lowest BCUT2D eigenvalue weighted by Gasteiger charge is -2.03. The van der Waals surface area contributed by atoms with Crippen LogP contribution in [-0.2, 0) is 9.53 Å². The number of ether oxygens (including phenoxy) is 1. The fraction of sp³-hybridized carbons (Fsp3) is 0.750. The molecule has 1 unspecified atom stereocenters. The van der Waals surface area contributed by atoms with Gasteiger partial charge in [0.05, 0.1) is 7.11 Å². The molecular weight excluding hydrogens is 151 g/mol. The number of carbonyl (C=O) groups is 1. The van der Waals surface area contributed by atoms with Gasteiger partial charge in [0.15, 0.2) is 6.04 Å². The van der Waals surface area contributed by atoms with Gasteiger partial charge in [-0.25, -0.2) is 4.79 Å². The van der Waals surface area contributed by atoms with Crippen LogP contribution in [0.3, 0.4) is 0 Å². The molecule has 0 fully saturated rings. The molecule has 0 aromatic heterocycles. The number of thiol groups is 1. The molecule has 4 nitrogen and oxygen atoms in total. The maximum Gasteiger partial charge on any atom is 0.333 e. The molecule has 0 aromatic carbocycles. The minimum atomic E-state index is -0.557. The maximum absolute atomic E-state index is 10.7. The van der Waals surface area contributed by atoms with Crippen molar-refractivity contribution in [1.29, 1.82) is 0 Å². The first-order valence-electron chi connectivity index (χ1n) is 2.74. The fourth-order valence-electron chi connectivity index (χ4n) is 0.434. The Kier molecular flexibility index (Phi) is 5.01. The van der Waals surface area contributed by atoms with Crippen molar-refractivity contribution in [1.82, 2.24) is 0 Å². The Balaban J connectivity index is 3.93. The fourth-order valence-corrected chi connectivity index (χ4v) is 0.656. The van der Waals surface area contributed by atoms with Gasteiger partial charge in [-0.1, -0.05) is 0 Å². The summed E-state index contributed by atoms with van der Waals surface area (Å²) in [6.45, 7) is 0. The molecule has 0 aliphatic rings. The molecule has 0 aromatic rings. The van der Waals surface area contributed by atoms with Crippen LogP contribution in [0.1, 0.15) is 0 Å². The number of hydrogen-bond donors (Lipinski definition) is 1. The van der Waals surface area contributed by atoms with Crippen molar-refractivity contribution in [2.24, 2.45) is 10.1 Å². The summed E-state index contributed by atoms with van der Waals surface area (Å²) in [7, 11) is 2.81. The summed E-state index contributed by atoms with van der Waals surface area (Å²) in [5, 5.41) is 7.04. The molecule has 1 atom stereocenters. The third-order valence-electron chi connectivity index (χ3n) is 0.901. The number of carbonyl (C=O) groups excluding carboxylic acids is 1. The van der Waals surface area contributed by atoms with Gasteiger partial charge in [0.1, 0.15) is 0 Å². The van der Waals surface area contributed by atoms with Gasteiger partial charge in [0.25, 0.3) is 7.98 Å². The summed E-state index contributed by atoms with van der Waals surface area (Å²) < 4.78 is 4.41. The zero-order chi connectivity index (χ0) is 7.98. The van der Waals surface area contributed by atoms with Crippen molar-refractivity contribution in [3.63, 3.8) is 0 Å². The van der Waals surface area contributed by atoms with Crippen LogP contribution in [0.4, 0.5) is 0 Å². The topological polar surface area (TPSA) is 51.0 Å². The van der Waals surface area contributed by atoms with E-state index >= 15 is 0 Å².